The summed E-state index contributed by atoms with van der Waals surface area (Å²) in [5.41, 5.74) is 1.33. The lowest BCUT2D eigenvalue weighted by Crippen LogP contribution is -2.53. The molecule has 2 unspecified atom stereocenters. The molecule has 1 saturated heterocycles. The summed E-state index contributed by atoms with van der Waals surface area (Å²) in [6.45, 7) is 6.84. The van der Waals surface area contributed by atoms with Crippen molar-refractivity contribution in [2.75, 3.05) is 40.3 Å². The summed E-state index contributed by atoms with van der Waals surface area (Å²) in [4.78, 5) is 9.27. The molecule has 2 heterocycles. The number of pyridine rings is 1. The van der Waals surface area contributed by atoms with Gasteiger partial charge in [0.15, 0.2) is 0 Å². The molecule has 4 heteroatoms. The number of hydrogen-bond donors (Lipinski definition) is 1. The summed E-state index contributed by atoms with van der Waals surface area (Å²) in [6.07, 6.45) is 7.34. The number of aromatic nitrogens is 1. The van der Waals surface area contributed by atoms with Gasteiger partial charge in [0.05, 0.1) is 0 Å². The van der Waals surface area contributed by atoms with E-state index in [1.807, 2.05) is 18.5 Å². The Morgan fingerprint density at radius 2 is 2.24 bits per heavy atom. The van der Waals surface area contributed by atoms with Crippen molar-refractivity contribution in [3.63, 3.8) is 0 Å². The van der Waals surface area contributed by atoms with Crippen molar-refractivity contribution in [2.24, 2.45) is 0 Å². The third-order valence-electron chi connectivity index (χ3n) is 4.41. The van der Waals surface area contributed by atoms with Crippen molar-refractivity contribution in [2.45, 2.75) is 38.3 Å². The first kappa shape index (κ1) is 16.4. The van der Waals surface area contributed by atoms with Crippen LogP contribution in [0.5, 0.6) is 0 Å². The van der Waals surface area contributed by atoms with Crippen LogP contribution in [-0.2, 0) is 6.42 Å². The van der Waals surface area contributed by atoms with E-state index in [4.69, 9.17) is 0 Å². The highest BCUT2D eigenvalue weighted by molar-refractivity contribution is 5.11. The Labute approximate surface area is 129 Å². The number of hydrogen-bond acceptors (Lipinski definition) is 4. The van der Waals surface area contributed by atoms with Crippen LogP contribution in [0.15, 0.2) is 24.5 Å². The summed E-state index contributed by atoms with van der Waals surface area (Å²) in [5.74, 6) is 0. The SMILES string of the molecule is CCCNC(Cc1cccnc1)C1CN(C)CCCN1C. The van der Waals surface area contributed by atoms with E-state index in [2.05, 4.69) is 47.2 Å². The van der Waals surface area contributed by atoms with Crippen molar-refractivity contribution < 1.29 is 0 Å². The van der Waals surface area contributed by atoms with Crippen LogP contribution in [0.3, 0.4) is 0 Å². The van der Waals surface area contributed by atoms with Crippen LogP contribution in [-0.4, -0.2) is 67.1 Å². The van der Waals surface area contributed by atoms with Gasteiger partial charge in [-0.15, -0.1) is 0 Å². The van der Waals surface area contributed by atoms with Gasteiger partial charge in [-0.3, -0.25) is 4.98 Å². The molecule has 0 amide bonds. The average molecular weight is 290 g/mol. The highest BCUT2D eigenvalue weighted by Gasteiger charge is 2.28. The van der Waals surface area contributed by atoms with E-state index < -0.39 is 0 Å². The fourth-order valence-corrected chi connectivity index (χ4v) is 3.19. The normalized spacial score (nSPS) is 22.9. The van der Waals surface area contributed by atoms with Crippen LogP contribution < -0.4 is 5.32 Å². The highest BCUT2D eigenvalue weighted by atomic mass is 15.2. The van der Waals surface area contributed by atoms with Crippen LogP contribution >= 0.6 is 0 Å². The molecule has 1 aliphatic rings. The monoisotopic (exact) mass is 290 g/mol. The predicted molar refractivity (Wildman–Crippen MR) is 88.6 cm³/mol. The molecular weight excluding hydrogens is 260 g/mol. The molecule has 0 bridgehead atoms. The van der Waals surface area contributed by atoms with E-state index in [1.54, 1.807) is 0 Å². The molecule has 0 saturated carbocycles. The lowest BCUT2D eigenvalue weighted by Gasteiger charge is -2.35. The predicted octanol–water partition coefficient (Wildman–Crippen LogP) is 1.63. The summed E-state index contributed by atoms with van der Waals surface area (Å²) >= 11 is 0. The van der Waals surface area contributed by atoms with Crippen molar-refractivity contribution >= 4 is 0 Å². The van der Waals surface area contributed by atoms with Gasteiger partial charge in [-0.25, -0.2) is 0 Å². The van der Waals surface area contributed by atoms with Gasteiger partial charge < -0.3 is 15.1 Å². The number of rotatable bonds is 6. The summed E-state index contributed by atoms with van der Waals surface area (Å²) in [6, 6.07) is 5.27. The quantitative estimate of drug-likeness (QED) is 0.863. The van der Waals surface area contributed by atoms with Gasteiger partial charge in [0, 0.05) is 31.0 Å². The minimum absolute atomic E-state index is 0.486. The topological polar surface area (TPSA) is 31.4 Å². The van der Waals surface area contributed by atoms with E-state index in [1.165, 1.54) is 31.5 Å². The molecule has 1 aliphatic heterocycles. The molecule has 0 spiro atoms. The Kier molecular flexibility index (Phi) is 6.61. The van der Waals surface area contributed by atoms with Crippen molar-refractivity contribution in [1.82, 2.24) is 20.1 Å². The van der Waals surface area contributed by atoms with Gasteiger partial charge in [0.25, 0.3) is 0 Å². The third-order valence-corrected chi connectivity index (χ3v) is 4.41. The Morgan fingerprint density at radius 3 is 2.95 bits per heavy atom. The van der Waals surface area contributed by atoms with Gasteiger partial charge in [-0.2, -0.15) is 0 Å². The lowest BCUT2D eigenvalue weighted by molar-refractivity contribution is 0.177. The zero-order valence-electron chi connectivity index (χ0n) is 13.8. The molecule has 4 nitrogen and oxygen atoms in total. The summed E-state index contributed by atoms with van der Waals surface area (Å²) < 4.78 is 0. The fraction of sp³-hybridized carbons (Fsp3) is 0.706. The Balaban J connectivity index is 2.09. The second-order valence-electron chi connectivity index (χ2n) is 6.29. The molecule has 2 atom stereocenters. The van der Waals surface area contributed by atoms with Crippen LogP contribution in [0.2, 0.25) is 0 Å². The third kappa shape index (κ3) is 5.06. The van der Waals surface area contributed by atoms with Gasteiger partial charge >= 0.3 is 0 Å². The molecule has 1 aromatic rings. The van der Waals surface area contributed by atoms with Gasteiger partial charge in [0.2, 0.25) is 0 Å². The lowest BCUT2D eigenvalue weighted by atomic mass is 9.98. The average Bonchev–Trinajstić information content (AvgIpc) is 2.66. The molecule has 118 valence electrons. The van der Waals surface area contributed by atoms with E-state index in [9.17, 15) is 0 Å². The van der Waals surface area contributed by atoms with Crippen molar-refractivity contribution in [3.8, 4) is 0 Å². The van der Waals surface area contributed by atoms with E-state index in [-0.39, 0.29) is 0 Å². The minimum atomic E-state index is 0.486. The molecule has 21 heavy (non-hydrogen) atoms. The van der Waals surface area contributed by atoms with Gasteiger partial charge in [0.1, 0.15) is 0 Å². The van der Waals surface area contributed by atoms with E-state index in [0.29, 0.717) is 12.1 Å². The zero-order chi connectivity index (χ0) is 15.1. The van der Waals surface area contributed by atoms with Crippen LogP contribution in [0, 0.1) is 0 Å². The molecule has 0 aliphatic carbocycles. The Hall–Kier alpha value is -0.970. The van der Waals surface area contributed by atoms with Crippen LogP contribution in [0.1, 0.15) is 25.3 Å². The first-order chi connectivity index (χ1) is 10.2. The van der Waals surface area contributed by atoms with Crippen LogP contribution in [0.4, 0.5) is 0 Å². The maximum Gasteiger partial charge on any atom is 0.0376 e. The standard InChI is InChI=1S/C17H30N4/c1-4-8-19-16(12-15-7-5-9-18-13-15)17-14-20(2)10-6-11-21(17)3/h5,7,9,13,16-17,19H,4,6,8,10-12,14H2,1-3H3. The summed E-state index contributed by atoms with van der Waals surface area (Å²) in [7, 11) is 4.51. The first-order valence-corrected chi connectivity index (χ1v) is 8.21. The van der Waals surface area contributed by atoms with E-state index >= 15 is 0 Å². The minimum Gasteiger partial charge on any atom is -0.312 e. The number of nitrogens with one attached hydrogen (secondary N) is 1. The first-order valence-electron chi connectivity index (χ1n) is 8.21. The molecule has 2 rings (SSSR count). The number of nitrogens with zero attached hydrogens (tertiary/aromatic N) is 3. The maximum atomic E-state index is 4.26. The van der Waals surface area contributed by atoms with Crippen molar-refractivity contribution in [3.05, 3.63) is 30.1 Å². The maximum absolute atomic E-state index is 4.26. The van der Waals surface area contributed by atoms with Crippen molar-refractivity contribution in [1.29, 1.82) is 0 Å². The summed E-state index contributed by atoms with van der Waals surface area (Å²) in [5, 5.41) is 3.77. The largest absolute Gasteiger partial charge is 0.312 e. The molecular formula is C17H30N4. The second-order valence-corrected chi connectivity index (χ2v) is 6.29. The van der Waals surface area contributed by atoms with Gasteiger partial charge in [-0.1, -0.05) is 13.0 Å². The molecule has 0 aromatic carbocycles. The smallest absolute Gasteiger partial charge is 0.0376 e. The molecule has 0 radical (unpaired) electrons. The fourth-order valence-electron chi connectivity index (χ4n) is 3.19. The Morgan fingerprint density at radius 1 is 1.38 bits per heavy atom. The van der Waals surface area contributed by atoms with Crippen LogP contribution in [0.25, 0.3) is 0 Å². The highest BCUT2D eigenvalue weighted by Crippen LogP contribution is 2.14. The molecule has 1 aromatic heterocycles. The van der Waals surface area contributed by atoms with Gasteiger partial charge in [-0.05, 0) is 64.6 Å². The zero-order valence-corrected chi connectivity index (χ0v) is 13.8. The second kappa shape index (κ2) is 8.47. The number of likely N-dealkylation sites (N-methyl/N-ethyl adjacent to an activating group) is 2. The Bertz CT molecular complexity index is 395. The van der Waals surface area contributed by atoms with E-state index in [0.717, 1.165) is 19.5 Å². The molecule has 1 fully saturated rings. The molecule has 1 N–H and O–H groups in total.